The van der Waals surface area contributed by atoms with Crippen LogP contribution in [-0.2, 0) is 32.7 Å². The van der Waals surface area contributed by atoms with Crippen molar-refractivity contribution in [3.8, 4) is 0 Å². The minimum absolute atomic E-state index is 0.0529. The average Bonchev–Trinajstić information content (AvgIpc) is 3.25. The van der Waals surface area contributed by atoms with Crippen LogP contribution in [0.15, 0.2) is 97.2 Å². The Labute approximate surface area is 370 Å². The highest BCUT2D eigenvalue weighted by molar-refractivity contribution is 7.47. The fourth-order valence-electron chi connectivity index (χ4n) is 5.70. The number of allylic oxidation sites excluding steroid dienone is 16. The Morgan fingerprint density at radius 3 is 1.43 bits per heavy atom. The molecule has 10 nitrogen and oxygen atoms in total. The summed E-state index contributed by atoms with van der Waals surface area (Å²) in [7, 11) is -4.65. The van der Waals surface area contributed by atoms with E-state index in [-0.39, 0.29) is 19.4 Å². The first-order chi connectivity index (χ1) is 29.7. The molecule has 348 valence electrons. The second-order valence-electron chi connectivity index (χ2n) is 15.0. The fraction of sp³-hybridized carbons (Fsp3) is 0.640. The van der Waals surface area contributed by atoms with E-state index in [1.165, 1.54) is 57.8 Å². The van der Waals surface area contributed by atoms with Gasteiger partial charge in [-0.05, 0) is 83.5 Å². The first-order valence-electron chi connectivity index (χ1n) is 23.2. The lowest BCUT2D eigenvalue weighted by Crippen LogP contribution is -2.29. The number of carbonyl (C=O) groups is 2. The van der Waals surface area contributed by atoms with Gasteiger partial charge in [-0.2, -0.15) is 0 Å². The smallest absolute Gasteiger partial charge is 0.462 e. The number of carbonyl (C=O) groups excluding carboxylic acids is 2. The number of esters is 2. The first kappa shape index (κ1) is 57.9. The second kappa shape index (κ2) is 44.9. The van der Waals surface area contributed by atoms with Gasteiger partial charge in [0.25, 0.3) is 0 Å². The van der Waals surface area contributed by atoms with Crippen molar-refractivity contribution in [1.82, 2.24) is 0 Å². The Kier molecular flexibility index (Phi) is 42.6. The zero-order chi connectivity index (χ0) is 44.8. The molecule has 0 aromatic heterocycles. The van der Waals surface area contributed by atoms with E-state index < -0.39 is 51.8 Å². The largest absolute Gasteiger partial charge is 0.472 e. The molecule has 0 spiro atoms. The molecule has 0 saturated carbocycles. The molecule has 0 aromatic rings. The molecule has 0 rings (SSSR count). The number of rotatable bonds is 42. The van der Waals surface area contributed by atoms with Gasteiger partial charge in [-0.25, -0.2) is 4.57 Å². The van der Waals surface area contributed by atoms with E-state index in [0.29, 0.717) is 12.8 Å². The molecule has 0 aliphatic carbocycles. The van der Waals surface area contributed by atoms with Crippen molar-refractivity contribution in [2.24, 2.45) is 0 Å². The van der Waals surface area contributed by atoms with Gasteiger partial charge in [-0.3, -0.25) is 18.6 Å². The van der Waals surface area contributed by atoms with E-state index in [1.807, 2.05) is 12.2 Å². The van der Waals surface area contributed by atoms with Gasteiger partial charge in [-0.1, -0.05) is 169 Å². The summed E-state index contributed by atoms with van der Waals surface area (Å²) in [5, 5.41) is 18.4. The van der Waals surface area contributed by atoms with Crippen LogP contribution in [0.25, 0.3) is 0 Å². The van der Waals surface area contributed by atoms with Crippen LogP contribution >= 0.6 is 7.82 Å². The summed E-state index contributed by atoms with van der Waals surface area (Å²) in [5.74, 6) is -1.03. The average molecular weight is 875 g/mol. The summed E-state index contributed by atoms with van der Waals surface area (Å²) >= 11 is 0. The van der Waals surface area contributed by atoms with Crippen LogP contribution in [0.5, 0.6) is 0 Å². The molecule has 11 heteroatoms. The lowest BCUT2D eigenvalue weighted by atomic mass is 10.1. The van der Waals surface area contributed by atoms with Gasteiger partial charge in [0.2, 0.25) is 0 Å². The Hall–Kier alpha value is -3.11. The van der Waals surface area contributed by atoms with Crippen LogP contribution in [0.4, 0.5) is 0 Å². The molecule has 0 bridgehead atoms. The Balaban J connectivity index is 4.39. The number of aliphatic hydroxyl groups is 2. The summed E-state index contributed by atoms with van der Waals surface area (Å²) in [6.45, 7) is 2.14. The zero-order valence-corrected chi connectivity index (χ0v) is 38.7. The maximum Gasteiger partial charge on any atom is 0.472 e. The van der Waals surface area contributed by atoms with Gasteiger partial charge < -0.3 is 24.6 Å². The Morgan fingerprint density at radius 2 is 0.934 bits per heavy atom. The third-order valence-electron chi connectivity index (χ3n) is 9.24. The normalized spacial score (nSPS) is 14.6. The number of hydrogen-bond acceptors (Lipinski definition) is 9. The van der Waals surface area contributed by atoms with Crippen molar-refractivity contribution >= 4 is 19.8 Å². The third kappa shape index (κ3) is 44.7. The van der Waals surface area contributed by atoms with Crippen molar-refractivity contribution in [2.45, 2.75) is 180 Å². The predicted molar refractivity (Wildman–Crippen MR) is 251 cm³/mol. The van der Waals surface area contributed by atoms with Crippen LogP contribution in [0.3, 0.4) is 0 Å². The molecule has 3 atom stereocenters. The van der Waals surface area contributed by atoms with Gasteiger partial charge in [0, 0.05) is 12.8 Å². The van der Waals surface area contributed by atoms with Gasteiger partial charge >= 0.3 is 19.8 Å². The van der Waals surface area contributed by atoms with E-state index in [9.17, 15) is 24.2 Å². The molecule has 0 heterocycles. The van der Waals surface area contributed by atoms with E-state index in [2.05, 4.69) is 103 Å². The highest BCUT2D eigenvalue weighted by Crippen LogP contribution is 2.43. The minimum atomic E-state index is -4.65. The zero-order valence-electron chi connectivity index (χ0n) is 37.8. The van der Waals surface area contributed by atoms with Crippen LogP contribution in [0.2, 0.25) is 0 Å². The number of aliphatic hydroxyl groups excluding tert-OH is 2. The molecule has 0 saturated heterocycles. The summed E-state index contributed by atoms with van der Waals surface area (Å²) in [6, 6.07) is 0. The molecular weight excluding hydrogens is 792 g/mol. The van der Waals surface area contributed by atoms with Gasteiger partial charge in [0.1, 0.15) is 12.7 Å². The van der Waals surface area contributed by atoms with Crippen LogP contribution < -0.4 is 0 Å². The monoisotopic (exact) mass is 875 g/mol. The van der Waals surface area contributed by atoms with Gasteiger partial charge in [0.05, 0.1) is 19.8 Å². The molecule has 0 amide bonds. The molecule has 0 fully saturated rings. The lowest BCUT2D eigenvalue weighted by Gasteiger charge is -2.20. The molecule has 0 aliphatic heterocycles. The fourth-order valence-corrected chi connectivity index (χ4v) is 6.48. The third-order valence-corrected chi connectivity index (χ3v) is 10.2. The molecule has 1 unspecified atom stereocenters. The maximum atomic E-state index is 12.6. The quantitative estimate of drug-likeness (QED) is 0.0234. The van der Waals surface area contributed by atoms with Crippen LogP contribution in [0.1, 0.15) is 168 Å². The first-order valence-corrected chi connectivity index (χ1v) is 24.7. The van der Waals surface area contributed by atoms with Crippen molar-refractivity contribution < 1.29 is 47.8 Å². The number of hydrogen-bond donors (Lipinski definition) is 3. The Morgan fingerprint density at radius 1 is 0.508 bits per heavy atom. The summed E-state index contributed by atoms with van der Waals surface area (Å²) < 4.78 is 32.7. The molecular formula is C50H83O10P. The maximum absolute atomic E-state index is 12.6. The molecule has 0 radical (unpaired) electrons. The topological polar surface area (TPSA) is 149 Å². The highest BCUT2D eigenvalue weighted by atomic mass is 31.2. The van der Waals surface area contributed by atoms with E-state index >= 15 is 0 Å². The summed E-state index contributed by atoms with van der Waals surface area (Å²) in [6.07, 6.45) is 55.3. The number of unbranched alkanes of at least 4 members (excludes halogenated alkanes) is 12. The van der Waals surface area contributed by atoms with E-state index in [1.54, 1.807) is 0 Å². The van der Waals surface area contributed by atoms with Crippen molar-refractivity contribution in [1.29, 1.82) is 0 Å². The number of phosphoric ester groups is 1. The summed E-state index contributed by atoms with van der Waals surface area (Å²) in [4.78, 5) is 35.0. The van der Waals surface area contributed by atoms with Crippen molar-refractivity contribution in [3.63, 3.8) is 0 Å². The predicted octanol–water partition coefficient (Wildman–Crippen LogP) is 12.8. The van der Waals surface area contributed by atoms with Crippen LogP contribution in [0, 0.1) is 0 Å². The van der Waals surface area contributed by atoms with Gasteiger partial charge in [-0.15, -0.1) is 0 Å². The van der Waals surface area contributed by atoms with Crippen molar-refractivity contribution in [3.05, 3.63) is 97.2 Å². The molecule has 0 aromatic carbocycles. The standard InChI is InChI=1S/C50H83O10P/c1-3-5-7-9-11-13-15-17-19-21-23-25-27-29-31-33-35-37-39-41-49(53)57-45-48(46-59-61(55,56)58-44-47(52)43-51)60-50(54)42-40-38-36-34-32-30-28-26-24-22-20-18-16-14-12-10-8-6-4-2/h6,8,11-14,17-20,24,26,30,32,36,38,47-48,51-52H,3-5,7,9-10,15-16,21-23,25,27-29,31,33-35,37,39-46H2,1-2H3,(H,55,56)/b8-6+,13-11+,14-12+,19-17+,20-18+,26-24+,32-30+,38-36+/t47-,48+/m0/s1. The highest BCUT2D eigenvalue weighted by Gasteiger charge is 2.27. The van der Waals surface area contributed by atoms with Crippen LogP contribution in [-0.4, -0.2) is 65.7 Å². The lowest BCUT2D eigenvalue weighted by molar-refractivity contribution is -0.161. The van der Waals surface area contributed by atoms with E-state index in [4.69, 9.17) is 19.1 Å². The second-order valence-corrected chi connectivity index (χ2v) is 16.5. The van der Waals surface area contributed by atoms with E-state index in [0.717, 1.165) is 70.6 Å². The molecule has 3 N–H and O–H groups in total. The SMILES string of the molecule is CC/C=C/C/C=C/C/C=C/C/C=C/C/C=C/C/C=C/CCC(=O)O[C@H](COC(=O)CCCCCCCCCCC/C=C/C/C=C/CCCCC)COP(=O)(O)OC[C@@H](O)CO. The number of phosphoric acid groups is 1. The number of ether oxygens (including phenoxy) is 2. The van der Waals surface area contributed by atoms with Gasteiger partial charge in [0.15, 0.2) is 6.10 Å². The minimum Gasteiger partial charge on any atom is -0.462 e. The van der Waals surface area contributed by atoms with Crippen molar-refractivity contribution in [2.75, 3.05) is 26.4 Å². The molecule has 61 heavy (non-hydrogen) atoms. The molecule has 0 aliphatic rings. The summed E-state index contributed by atoms with van der Waals surface area (Å²) in [5.41, 5.74) is 0. The Bertz CT molecular complexity index is 1330.